The lowest BCUT2D eigenvalue weighted by molar-refractivity contribution is 0.0987. The summed E-state index contributed by atoms with van der Waals surface area (Å²) >= 11 is 1.32. The zero-order chi connectivity index (χ0) is 26.5. The second-order valence-corrected chi connectivity index (χ2v) is 11.9. The fourth-order valence-electron chi connectivity index (χ4n) is 4.29. The lowest BCUT2D eigenvalue weighted by atomic mass is 10.2. The normalized spacial score (nSPS) is 15.0. The number of carbonyl (C=O) groups excluding carboxylic acids is 1. The molecule has 1 aliphatic rings. The highest BCUT2D eigenvalue weighted by atomic mass is 32.2. The number of fused-ring (bicyclic) bond motifs is 1. The molecule has 4 aromatic rings. The summed E-state index contributed by atoms with van der Waals surface area (Å²) in [7, 11) is -2.02. The van der Waals surface area contributed by atoms with Crippen LogP contribution in [-0.4, -0.2) is 50.0 Å². The second kappa shape index (κ2) is 11.4. The van der Waals surface area contributed by atoms with Gasteiger partial charge >= 0.3 is 0 Å². The van der Waals surface area contributed by atoms with E-state index in [0.717, 1.165) is 41.5 Å². The van der Waals surface area contributed by atoms with E-state index >= 15 is 0 Å². The molecule has 0 N–H and O–H groups in total. The Labute approximate surface area is 226 Å². The molecular weight excluding hydrogens is 520 g/mol. The molecule has 0 radical (unpaired) electrons. The highest BCUT2D eigenvalue weighted by Gasteiger charge is 2.26. The number of carbonyl (C=O) groups is 1. The Morgan fingerprint density at radius 3 is 2.39 bits per heavy atom. The quantitative estimate of drug-likeness (QED) is 0.223. The van der Waals surface area contributed by atoms with Crippen molar-refractivity contribution in [2.24, 2.45) is 5.10 Å². The molecule has 1 aromatic heterocycles. The lowest BCUT2D eigenvalue weighted by Crippen LogP contribution is -2.32. The van der Waals surface area contributed by atoms with E-state index in [2.05, 4.69) is 10.1 Å². The zero-order valence-electron chi connectivity index (χ0n) is 21.0. The number of sulfonamides is 1. The predicted molar refractivity (Wildman–Crippen MR) is 151 cm³/mol. The Hall–Kier alpha value is -3.60. The molecule has 8 nitrogen and oxygen atoms in total. The molecule has 38 heavy (non-hydrogen) atoms. The SMILES string of the molecule is COc1ccc2nc(N(/N=C/c3ccccc3)C(=O)c3ccc(S(=O)(=O)N4CCCCCC4)cc3)sc2c1. The first-order valence-corrected chi connectivity index (χ1v) is 14.7. The molecule has 3 aromatic carbocycles. The van der Waals surface area contributed by atoms with Crippen LogP contribution in [0.1, 0.15) is 41.6 Å². The van der Waals surface area contributed by atoms with Crippen LogP contribution in [0.2, 0.25) is 0 Å². The molecule has 0 bridgehead atoms. The molecule has 196 valence electrons. The third-order valence-electron chi connectivity index (χ3n) is 6.38. The van der Waals surface area contributed by atoms with Crippen LogP contribution in [0.3, 0.4) is 0 Å². The van der Waals surface area contributed by atoms with E-state index in [9.17, 15) is 13.2 Å². The summed E-state index contributed by atoms with van der Waals surface area (Å²) in [5.41, 5.74) is 1.85. The molecule has 0 aliphatic carbocycles. The minimum atomic E-state index is -3.61. The number of hydrogen-bond acceptors (Lipinski definition) is 7. The van der Waals surface area contributed by atoms with Crippen molar-refractivity contribution in [2.45, 2.75) is 30.6 Å². The van der Waals surface area contributed by atoms with E-state index < -0.39 is 15.9 Å². The summed E-state index contributed by atoms with van der Waals surface area (Å²) in [6.07, 6.45) is 5.40. The molecule has 0 unspecified atom stereocenters. The fourth-order valence-corrected chi connectivity index (χ4v) is 6.75. The number of ether oxygens (including phenoxy) is 1. The van der Waals surface area contributed by atoms with Crippen molar-refractivity contribution in [3.05, 3.63) is 83.9 Å². The number of nitrogens with zero attached hydrogens (tertiary/aromatic N) is 4. The second-order valence-electron chi connectivity index (χ2n) is 8.94. The molecule has 1 amide bonds. The van der Waals surface area contributed by atoms with Gasteiger partial charge in [0.2, 0.25) is 15.2 Å². The van der Waals surface area contributed by atoms with Gasteiger partial charge in [-0.2, -0.15) is 14.4 Å². The van der Waals surface area contributed by atoms with E-state index in [1.165, 1.54) is 40.6 Å². The number of anilines is 1. The minimum Gasteiger partial charge on any atom is -0.497 e. The van der Waals surface area contributed by atoms with Crippen LogP contribution < -0.4 is 9.75 Å². The van der Waals surface area contributed by atoms with Gasteiger partial charge in [0.1, 0.15) is 5.75 Å². The van der Waals surface area contributed by atoms with Crippen molar-refractivity contribution in [1.82, 2.24) is 9.29 Å². The van der Waals surface area contributed by atoms with Gasteiger partial charge in [-0.3, -0.25) is 4.79 Å². The van der Waals surface area contributed by atoms with Gasteiger partial charge in [-0.05, 0) is 60.9 Å². The standard InChI is InChI=1S/C28H28N4O4S2/c1-36-23-13-16-25-26(19-23)37-28(30-25)32(29-20-21-9-5-4-6-10-21)27(33)22-11-14-24(15-12-22)38(34,35)31-17-7-2-3-8-18-31/h4-6,9-16,19-20H,2-3,7-8,17-18H2,1H3/b29-20+. The van der Waals surface area contributed by atoms with Gasteiger partial charge in [0.15, 0.2) is 0 Å². The molecule has 5 rings (SSSR count). The molecule has 0 atom stereocenters. The number of thiazole rings is 1. The molecule has 1 saturated heterocycles. The predicted octanol–water partition coefficient (Wildman–Crippen LogP) is 5.55. The maximum atomic E-state index is 13.7. The number of methoxy groups -OCH3 is 1. The summed E-state index contributed by atoms with van der Waals surface area (Å²) in [5, 5.41) is 6.13. The Bertz CT molecular complexity index is 1540. The van der Waals surface area contributed by atoms with Crippen LogP contribution in [-0.2, 0) is 10.0 Å². The Kier molecular flexibility index (Phi) is 7.82. The van der Waals surface area contributed by atoms with Gasteiger partial charge in [0.25, 0.3) is 5.91 Å². The van der Waals surface area contributed by atoms with Crippen molar-refractivity contribution in [1.29, 1.82) is 0 Å². The maximum Gasteiger partial charge on any atom is 0.280 e. The number of aromatic nitrogens is 1. The summed E-state index contributed by atoms with van der Waals surface area (Å²) < 4.78 is 34.1. The number of hydrogen-bond donors (Lipinski definition) is 0. The molecule has 0 saturated carbocycles. The van der Waals surface area contributed by atoms with Crippen molar-refractivity contribution in [3.63, 3.8) is 0 Å². The van der Waals surface area contributed by atoms with Crippen molar-refractivity contribution in [2.75, 3.05) is 25.2 Å². The molecular formula is C28H28N4O4S2. The van der Waals surface area contributed by atoms with Crippen molar-refractivity contribution in [3.8, 4) is 5.75 Å². The van der Waals surface area contributed by atoms with Crippen LogP contribution in [0.4, 0.5) is 5.13 Å². The number of amides is 1. The third kappa shape index (κ3) is 5.62. The van der Waals surface area contributed by atoms with E-state index in [-0.39, 0.29) is 4.90 Å². The van der Waals surface area contributed by atoms with Crippen LogP contribution in [0.15, 0.2) is 82.8 Å². The van der Waals surface area contributed by atoms with Gasteiger partial charge in [-0.1, -0.05) is 54.5 Å². The van der Waals surface area contributed by atoms with Gasteiger partial charge < -0.3 is 4.74 Å². The summed E-state index contributed by atoms with van der Waals surface area (Å²) in [5.74, 6) is 0.279. The van der Waals surface area contributed by atoms with Crippen LogP contribution in [0, 0.1) is 0 Å². The third-order valence-corrected chi connectivity index (χ3v) is 9.29. The monoisotopic (exact) mass is 548 g/mol. The van der Waals surface area contributed by atoms with Gasteiger partial charge in [0.05, 0.1) is 28.4 Å². The van der Waals surface area contributed by atoms with Crippen LogP contribution in [0.25, 0.3) is 10.2 Å². The molecule has 1 aliphatic heterocycles. The largest absolute Gasteiger partial charge is 0.497 e. The smallest absolute Gasteiger partial charge is 0.280 e. The first-order valence-electron chi connectivity index (χ1n) is 12.4. The summed E-state index contributed by atoms with van der Waals surface area (Å²) in [6, 6.07) is 21.0. The fraction of sp³-hybridized carbons (Fsp3) is 0.250. The first kappa shape index (κ1) is 26.0. The number of benzene rings is 3. The molecule has 1 fully saturated rings. The molecule has 2 heterocycles. The maximum absolute atomic E-state index is 13.7. The van der Waals surface area contributed by atoms with E-state index in [1.54, 1.807) is 17.6 Å². The highest BCUT2D eigenvalue weighted by molar-refractivity contribution is 7.89. The average Bonchev–Trinajstić information content (AvgIpc) is 3.16. The minimum absolute atomic E-state index is 0.183. The summed E-state index contributed by atoms with van der Waals surface area (Å²) in [6.45, 7) is 1.04. The highest BCUT2D eigenvalue weighted by Crippen LogP contribution is 2.32. The number of rotatable bonds is 7. The topological polar surface area (TPSA) is 92.2 Å². The molecule has 0 spiro atoms. The van der Waals surface area contributed by atoms with E-state index in [1.807, 2.05) is 48.5 Å². The van der Waals surface area contributed by atoms with Crippen LogP contribution in [0.5, 0.6) is 5.75 Å². The summed E-state index contributed by atoms with van der Waals surface area (Å²) in [4.78, 5) is 18.5. The Morgan fingerprint density at radius 1 is 1.00 bits per heavy atom. The van der Waals surface area contributed by atoms with E-state index in [4.69, 9.17) is 4.74 Å². The van der Waals surface area contributed by atoms with E-state index in [0.29, 0.717) is 29.5 Å². The Balaban J connectivity index is 1.46. The Morgan fingerprint density at radius 2 is 1.71 bits per heavy atom. The van der Waals surface area contributed by atoms with Gasteiger partial charge in [-0.15, -0.1) is 0 Å². The average molecular weight is 549 g/mol. The molecule has 10 heteroatoms. The van der Waals surface area contributed by atoms with Crippen molar-refractivity contribution < 1.29 is 17.9 Å². The van der Waals surface area contributed by atoms with Crippen LogP contribution >= 0.6 is 11.3 Å². The lowest BCUT2D eigenvalue weighted by Gasteiger charge is -2.20. The number of hydrazone groups is 1. The van der Waals surface area contributed by atoms with Gasteiger partial charge in [0, 0.05) is 18.7 Å². The zero-order valence-corrected chi connectivity index (χ0v) is 22.6. The first-order chi connectivity index (χ1) is 18.5. The van der Waals surface area contributed by atoms with Crippen molar-refractivity contribution >= 4 is 48.8 Å². The van der Waals surface area contributed by atoms with Gasteiger partial charge in [-0.25, -0.2) is 13.4 Å².